The molecule has 1 aromatic carbocycles. The molecule has 0 fully saturated rings. The van der Waals surface area contributed by atoms with Crippen molar-refractivity contribution in [3.05, 3.63) is 61.9 Å². The highest BCUT2D eigenvalue weighted by Gasteiger charge is 2.31. The molecule has 0 spiro atoms. The van der Waals surface area contributed by atoms with Crippen molar-refractivity contribution in [2.45, 2.75) is 38.8 Å². The number of aromatic amines is 2. The van der Waals surface area contributed by atoms with E-state index in [1.807, 2.05) is 32.0 Å². The van der Waals surface area contributed by atoms with Crippen LogP contribution in [0.1, 0.15) is 49.2 Å². The second-order valence-corrected chi connectivity index (χ2v) is 6.82. The van der Waals surface area contributed by atoms with Crippen LogP contribution in [0.25, 0.3) is 10.9 Å². The lowest BCUT2D eigenvalue weighted by Crippen LogP contribution is -2.39. The van der Waals surface area contributed by atoms with Crippen molar-refractivity contribution < 1.29 is 5.11 Å². The summed E-state index contributed by atoms with van der Waals surface area (Å²) in [5.74, 6) is -0.267. The fraction of sp³-hybridized carbons (Fsp3) is 0.368. The molecule has 4 rings (SSSR count). The molecule has 136 valence electrons. The highest BCUT2D eigenvalue weighted by molar-refractivity contribution is 5.85. The maximum absolute atomic E-state index is 12.6. The fourth-order valence-corrected chi connectivity index (χ4v) is 3.83. The minimum Gasteiger partial charge on any atom is -0.494 e. The van der Waals surface area contributed by atoms with E-state index in [1.165, 1.54) is 4.57 Å². The van der Waals surface area contributed by atoms with Gasteiger partial charge in [0.15, 0.2) is 0 Å². The minimum atomic E-state index is -0.585. The monoisotopic (exact) mass is 354 g/mol. The van der Waals surface area contributed by atoms with E-state index >= 15 is 0 Å². The van der Waals surface area contributed by atoms with E-state index in [9.17, 15) is 14.7 Å². The molecule has 0 saturated carbocycles. The number of aromatic nitrogens is 3. The third kappa shape index (κ3) is 2.39. The number of nitrogens with one attached hydrogen (secondary N) is 3. The number of nitrogens with zero attached hydrogens (tertiary/aromatic N) is 1. The van der Waals surface area contributed by atoms with Crippen LogP contribution in [-0.4, -0.2) is 26.2 Å². The van der Waals surface area contributed by atoms with Gasteiger partial charge in [0.2, 0.25) is 5.88 Å². The third-order valence-electron chi connectivity index (χ3n) is 5.33. The smallest absolute Gasteiger partial charge is 0.331 e. The first kappa shape index (κ1) is 16.7. The van der Waals surface area contributed by atoms with Crippen LogP contribution in [-0.2, 0) is 6.42 Å². The van der Waals surface area contributed by atoms with Gasteiger partial charge in [0, 0.05) is 29.2 Å². The van der Waals surface area contributed by atoms with Gasteiger partial charge in [0.05, 0.1) is 6.04 Å². The lowest BCUT2D eigenvalue weighted by atomic mass is 9.95. The maximum Gasteiger partial charge on any atom is 0.331 e. The van der Waals surface area contributed by atoms with Gasteiger partial charge in [-0.2, -0.15) is 0 Å². The zero-order valence-corrected chi connectivity index (χ0v) is 14.8. The minimum absolute atomic E-state index is 0.178. The van der Waals surface area contributed by atoms with Crippen LogP contribution in [0.3, 0.4) is 0 Å². The molecular formula is C19H22N4O3. The Kier molecular flexibility index (Phi) is 3.96. The largest absolute Gasteiger partial charge is 0.494 e. The lowest BCUT2D eigenvalue weighted by molar-refractivity contribution is 0.353. The van der Waals surface area contributed by atoms with Gasteiger partial charge in [-0.25, -0.2) is 4.79 Å². The maximum atomic E-state index is 12.6. The number of hydrogen-bond acceptors (Lipinski definition) is 4. The normalized spacial score (nSPS) is 18.0. The molecule has 7 nitrogen and oxygen atoms in total. The summed E-state index contributed by atoms with van der Waals surface area (Å²) in [7, 11) is 0. The van der Waals surface area contributed by atoms with E-state index in [4.69, 9.17) is 0 Å². The Morgan fingerprint density at radius 2 is 2.04 bits per heavy atom. The molecule has 26 heavy (non-hydrogen) atoms. The molecule has 2 atom stereocenters. The SMILES string of the molecule is CC[C@H](C)n1c(O)c([C@H]2NCCc3c2[nH]c2ccccc32)c(=O)[nH]c1=O. The summed E-state index contributed by atoms with van der Waals surface area (Å²) in [6.45, 7) is 4.45. The molecule has 0 bridgehead atoms. The summed E-state index contributed by atoms with van der Waals surface area (Å²) in [6, 6.07) is 7.28. The Morgan fingerprint density at radius 3 is 2.81 bits per heavy atom. The number of hydrogen-bond donors (Lipinski definition) is 4. The molecule has 2 aromatic heterocycles. The highest BCUT2D eigenvalue weighted by atomic mass is 16.3. The predicted octanol–water partition coefficient (Wildman–Crippen LogP) is 1.93. The molecule has 1 aliphatic heterocycles. The first-order valence-electron chi connectivity index (χ1n) is 8.93. The van der Waals surface area contributed by atoms with Gasteiger partial charge in [0.25, 0.3) is 5.56 Å². The van der Waals surface area contributed by atoms with E-state index in [1.54, 1.807) is 0 Å². The van der Waals surface area contributed by atoms with Crippen LogP contribution >= 0.6 is 0 Å². The van der Waals surface area contributed by atoms with Crippen LogP contribution < -0.4 is 16.6 Å². The summed E-state index contributed by atoms with van der Waals surface area (Å²) in [6.07, 6.45) is 1.49. The van der Waals surface area contributed by atoms with Gasteiger partial charge >= 0.3 is 5.69 Å². The van der Waals surface area contributed by atoms with Gasteiger partial charge in [0.1, 0.15) is 5.56 Å². The van der Waals surface area contributed by atoms with Crippen molar-refractivity contribution in [3.63, 3.8) is 0 Å². The predicted molar refractivity (Wildman–Crippen MR) is 99.8 cm³/mol. The first-order valence-corrected chi connectivity index (χ1v) is 8.93. The molecule has 0 unspecified atom stereocenters. The molecular weight excluding hydrogens is 332 g/mol. The third-order valence-corrected chi connectivity index (χ3v) is 5.33. The zero-order valence-electron chi connectivity index (χ0n) is 14.8. The molecule has 3 heterocycles. The van der Waals surface area contributed by atoms with E-state index in [0.717, 1.165) is 28.6 Å². The molecule has 0 aliphatic carbocycles. The van der Waals surface area contributed by atoms with Crippen molar-refractivity contribution in [3.8, 4) is 5.88 Å². The summed E-state index contributed by atoms with van der Waals surface area (Å²) < 4.78 is 1.26. The quantitative estimate of drug-likeness (QED) is 0.577. The average molecular weight is 354 g/mol. The summed E-state index contributed by atoms with van der Waals surface area (Å²) >= 11 is 0. The molecule has 0 amide bonds. The Hall–Kier alpha value is -2.80. The summed E-state index contributed by atoms with van der Waals surface area (Å²) in [4.78, 5) is 30.5. The molecule has 0 radical (unpaired) electrons. The van der Waals surface area contributed by atoms with Crippen LogP contribution in [0.4, 0.5) is 0 Å². The van der Waals surface area contributed by atoms with Crippen LogP contribution in [0.5, 0.6) is 5.88 Å². The van der Waals surface area contributed by atoms with Gasteiger partial charge < -0.3 is 15.4 Å². The van der Waals surface area contributed by atoms with E-state index < -0.39 is 17.3 Å². The Bertz CT molecular complexity index is 1090. The number of aromatic hydroxyl groups is 1. The van der Waals surface area contributed by atoms with Crippen molar-refractivity contribution in [2.75, 3.05) is 6.54 Å². The van der Waals surface area contributed by atoms with E-state index in [0.29, 0.717) is 13.0 Å². The first-order chi connectivity index (χ1) is 12.5. The Morgan fingerprint density at radius 1 is 1.27 bits per heavy atom. The summed E-state index contributed by atoms with van der Waals surface area (Å²) in [5.41, 5.74) is 2.04. The lowest BCUT2D eigenvalue weighted by Gasteiger charge is -2.26. The molecule has 7 heteroatoms. The van der Waals surface area contributed by atoms with E-state index in [2.05, 4.69) is 21.4 Å². The molecule has 1 aliphatic rings. The standard InChI is InChI=1S/C19H22N4O3/c1-3-10(2)23-18(25)14(17(24)22-19(23)26)16-15-12(8-9-20-16)11-6-4-5-7-13(11)21-15/h4-7,10,16,20-21,25H,3,8-9H2,1-2H3,(H,22,24,26)/t10-,16+/m0/s1. The second kappa shape index (κ2) is 6.17. The highest BCUT2D eigenvalue weighted by Crippen LogP contribution is 2.35. The van der Waals surface area contributed by atoms with Crippen LogP contribution in [0, 0.1) is 0 Å². The zero-order chi connectivity index (χ0) is 18.4. The van der Waals surface area contributed by atoms with Crippen molar-refractivity contribution in [1.29, 1.82) is 0 Å². The molecule has 0 saturated heterocycles. The van der Waals surface area contributed by atoms with Gasteiger partial charge in [-0.15, -0.1) is 0 Å². The molecule has 4 N–H and O–H groups in total. The van der Waals surface area contributed by atoms with E-state index in [-0.39, 0.29) is 17.5 Å². The second-order valence-electron chi connectivity index (χ2n) is 6.82. The van der Waals surface area contributed by atoms with Crippen molar-refractivity contribution >= 4 is 10.9 Å². The van der Waals surface area contributed by atoms with Crippen LogP contribution in [0.2, 0.25) is 0 Å². The number of fused-ring (bicyclic) bond motifs is 3. The van der Waals surface area contributed by atoms with Gasteiger partial charge in [-0.1, -0.05) is 25.1 Å². The number of benzene rings is 1. The van der Waals surface area contributed by atoms with Crippen molar-refractivity contribution in [2.24, 2.45) is 0 Å². The number of H-pyrrole nitrogens is 2. The summed E-state index contributed by atoms with van der Waals surface area (Å²) in [5, 5.41) is 15.2. The molecule has 3 aromatic rings. The van der Waals surface area contributed by atoms with Crippen LogP contribution in [0.15, 0.2) is 33.9 Å². The Balaban J connectivity index is 1.96. The average Bonchev–Trinajstić information content (AvgIpc) is 3.00. The topological polar surface area (TPSA) is 103 Å². The van der Waals surface area contributed by atoms with Crippen molar-refractivity contribution in [1.82, 2.24) is 19.9 Å². The fourth-order valence-electron chi connectivity index (χ4n) is 3.83. The number of rotatable bonds is 3. The van der Waals surface area contributed by atoms with Gasteiger partial charge in [-0.3, -0.25) is 14.3 Å². The number of para-hydroxylation sites is 1. The Labute approximate surface area is 149 Å². The van der Waals surface area contributed by atoms with Gasteiger partial charge in [-0.05, 0) is 31.4 Å².